The van der Waals surface area contributed by atoms with E-state index >= 15 is 0 Å². The van der Waals surface area contributed by atoms with Crippen LogP contribution in [0.1, 0.15) is 12.5 Å². The molecule has 1 heterocycles. The SMILES string of the molecule is CCOC(=O)[C@@H]1CN(Cc2ccccc2)C(=O)[C@H]1O. The maximum atomic E-state index is 11.9. The number of aliphatic hydroxyl groups is 1. The van der Waals surface area contributed by atoms with Crippen LogP contribution < -0.4 is 0 Å². The van der Waals surface area contributed by atoms with Crippen LogP contribution in [0.3, 0.4) is 0 Å². The minimum absolute atomic E-state index is 0.202. The zero-order chi connectivity index (χ0) is 13.8. The molecule has 0 aromatic heterocycles. The van der Waals surface area contributed by atoms with E-state index in [-0.39, 0.29) is 13.2 Å². The number of hydrogen-bond donors (Lipinski definition) is 1. The number of hydrogen-bond acceptors (Lipinski definition) is 4. The fourth-order valence-corrected chi connectivity index (χ4v) is 2.19. The van der Waals surface area contributed by atoms with Crippen molar-refractivity contribution in [2.75, 3.05) is 13.2 Å². The van der Waals surface area contributed by atoms with Crippen LogP contribution in [0.25, 0.3) is 0 Å². The lowest BCUT2D eigenvalue weighted by atomic mass is 10.1. The molecule has 1 aliphatic rings. The summed E-state index contributed by atoms with van der Waals surface area (Å²) in [6.45, 7) is 2.54. The van der Waals surface area contributed by atoms with Gasteiger partial charge in [0.25, 0.3) is 5.91 Å². The molecule has 1 saturated heterocycles. The Balaban J connectivity index is 2.04. The highest BCUT2D eigenvalue weighted by atomic mass is 16.5. The average Bonchev–Trinajstić information content (AvgIpc) is 2.69. The average molecular weight is 263 g/mol. The van der Waals surface area contributed by atoms with E-state index in [0.717, 1.165) is 5.56 Å². The first kappa shape index (κ1) is 13.5. The van der Waals surface area contributed by atoms with Crippen molar-refractivity contribution in [3.05, 3.63) is 35.9 Å². The number of benzene rings is 1. The lowest BCUT2D eigenvalue weighted by Gasteiger charge is -2.15. The molecule has 0 bridgehead atoms. The van der Waals surface area contributed by atoms with Crippen LogP contribution in [0.2, 0.25) is 0 Å². The van der Waals surface area contributed by atoms with Gasteiger partial charge in [-0.1, -0.05) is 30.3 Å². The molecule has 2 rings (SSSR count). The highest BCUT2D eigenvalue weighted by Crippen LogP contribution is 2.22. The minimum atomic E-state index is -1.29. The first-order valence-electron chi connectivity index (χ1n) is 6.31. The number of rotatable bonds is 4. The highest BCUT2D eigenvalue weighted by molar-refractivity contribution is 5.90. The van der Waals surface area contributed by atoms with Crippen LogP contribution in [0, 0.1) is 5.92 Å². The number of aliphatic hydroxyl groups excluding tert-OH is 1. The van der Waals surface area contributed by atoms with Crippen LogP contribution in [-0.2, 0) is 20.9 Å². The van der Waals surface area contributed by atoms with Crippen molar-refractivity contribution >= 4 is 11.9 Å². The molecule has 2 atom stereocenters. The van der Waals surface area contributed by atoms with Gasteiger partial charge < -0.3 is 14.7 Å². The largest absolute Gasteiger partial charge is 0.466 e. The van der Waals surface area contributed by atoms with Crippen LogP contribution in [0.15, 0.2) is 30.3 Å². The number of ether oxygens (including phenoxy) is 1. The monoisotopic (exact) mass is 263 g/mol. The molecule has 0 radical (unpaired) electrons. The molecule has 1 aromatic rings. The Hall–Kier alpha value is -1.88. The molecule has 0 saturated carbocycles. The van der Waals surface area contributed by atoms with Crippen LogP contribution >= 0.6 is 0 Å². The zero-order valence-corrected chi connectivity index (χ0v) is 10.8. The number of carbonyl (C=O) groups is 2. The Morgan fingerprint density at radius 3 is 2.74 bits per heavy atom. The Kier molecular flexibility index (Phi) is 4.16. The molecule has 1 fully saturated rings. The van der Waals surface area contributed by atoms with Crippen LogP contribution in [0.4, 0.5) is 0 Å². The predicted octanol–water partition coefficient (Wildman–Crippen LogP) is 0.569. The van der Waals surface area contributed by atoms with E-state index in [1.807, 2.05) is 30.3 Å². The van der Waals surface area contributed by atoms with Gasteiger partial charge in [0.15, 0.2) is 0 Å². The summed E-state index contributed by atoms with van der Waals surface area (Å²) in [5, 5.41) is 9.81. The molecule has 19 heavy (non-hydrogen) atoms. The Labute approximate surface area is 111 Å². The summed E-state index contributed by atoms with van der Waals surface area (Å²) in [4.78, 5) is 25.0. The van der Waals surface area contributed by atoms with Gasteiger partial charge in [0.1, 0.15) is 12.0 Å². The van der Waals surface area contributed by atoms with E-state index in [9.17, 15) is 14.7 Å². The first-order chi connectivity index (χ1) is 9.13. The molecule has 5 nitrogen and oxygen atoms in total. The lowest BCUT2D eigenvalue weighted by molar-refractivity contribution is -0.152. The second kappa shape index (κ2) is 5.84. The number of carbonyl (C=O) groups excluding carboxylic acids is 2. The van der Waals surface area contributed by atoms with Gasteiger partial charge in [-0.25, -0.2) is 0 Å². The molecular weight excluding hydrogens is 246 g/mol. The third kappa shape index (κ3) is 2.93. The molecule has 1 aliphatic heterocycles. The van der Waals surface area contributed by atoms with E-state index in [1.54, 1.807) is 6.92 Å². The van der Waals surface area contributed by atoms with Gasteiger partial charge in [-0.2, -0.15) is 0 Å². The summed E-state index contributed by atoms with van der Waals surface area (Å²) < 4.78 is 4.87. The lowest BCUT2D eigenvalue weighted by Crippen LogP contribution is -2.31. The quantitative estimate of drug-likeness (QED) is 0.806. The molecular formula is C14H17NO4. The second-order valence-corrected chi connectivity index (χ2v) is 4.51. The molecule has 1 amide bonds. The normalized spacial score (nSPS) is 22.6. The Bertz CT molecular complexity index is 460. The molecule has 1 N–H and O–H groups in total. The fraction of sp³-hybridized carbons (Fsp3) is 0.429. The number of esters is 1. The van der Waals surface area contributed by atoms with Gasteiger partial charge in [0.2, 0.25) is 0 Å². The first-order valence-corrected chi connectivity index (χ1v) is 6.31. The number of likely N-dealkylation sites (tertiary alicyclic amines) is 1. The van der Waals surface area contributed by atoms with Crippen LogP contribution in [0.5, 0.6) is 0 Å². The van der Waals surface area contributed by atoms with Crippen LogP contribution in [-0.4, -0.2) is 41.1 Å². The zero-order valence-electron chi connectivity index (χ0n) is 10.8. The van der Waals surface area contributed by atoms with E-state index in [4.69, 9.17) is 4.74 Å². The summed E-state index contributed by atoms with van der Waals surface area (Å²) in [5.74, 6) is -1.71. The maximum Gasteiger partial charge on any atom is 0.313 e. The molecule has 5 heteroatoms. The smallest absolute Gasteiger partial charge is 0.313 e. The van der Waals surface area contributed by atoms with Crippen molar-refractivity contribution in [1.29, 1.82) is 0 Å². The van der Waals surface area contributed by atoms with E-state index < -0.39 is 23.9 Å². The molecule has 102 valence electrons. The number of nitrogens with zero attached hydrogens (tertiary/aromatic N) is 1. The topological polar surface area (TPSA) is 66.8 Å². The molecule has 0 unspecified atom stereocenters. The predicted molar refractivity (Wildman–Crippen MR) is 68.0 cm³/mol. The summed E-state index contributed by atoms with van der Waals surface area (Å²) in [6.07, 6.45) is -1.29. The number of amides is 1. The fourth-order valence-electron chi connectivity index (χ4n) is 2.19. The standard InChI is InChI=1S/C14H17NO4/c1-2-19-14(18)11-9-15(13(17)12(11)16)8-10-6-4-3-5-7-10/h3-7,11-12,16H,2,8-9H2,1H3/t11-,12+/m1/s1. The van der Waals surface area contributed by atoms with Gasteiger partial charge in [-0.3, -0.25) is 9.59 Å². The van der Waals surface area contributed by atoms with E-state index in [1.165, 1.54) is 4.90 Å². The van der Waals surface area contributed by atoms with Gasteiger partial charge in [-0.15, -0.1) is 0 Å². The van der Waals surface area contributed by atoms with Crippen molar-refractivity contribution in [3.63, 3.8) is 0 Å². The van der Waals surface area contributed by atoms with E-state index in [0.29, 0.717) is 6.54 Å². The van der Waals surface area contributed by atoms with Gasteiger partial charge in [0.05, 0.1) is 6.61 Å². The van der Waals surface area contributed by atoms with Gasteiger partial charge >= 0.3 is 5.97 Å². The summed E-state index contributed by atoms with van der Waals surface area (Å²) >= 11 is 0. The highest BCUT2D eigenvalue weighted by Gasteiger charge is 2.43. The van der Waals surface area contributed by atoms with E-state index in [2.05, 4.69) is 0 Å². The molecule has 0 aliphatic carbocycles. The molecule has 0 spiro atoms. The van der Waals surface area contributed by atoms with Crippen molar-refractivity contribution in [2.24, 2.45) is 5.92 Å². The minimum Gasteiger partial charge on any atom is -0.466 e. The van der Waals surface area contributed by atoms with Crippen molar-refractivity contribution in [2.45, 2.75) is 19.6 Å². The molecule has 1 aromatic carbocycles. The summed E-state index contributed by atoms with van der Waals surface area (Å²) in [6, 6.07) is 9.46. The Morgan fingerprint density at radius 1 is 1.42 bits per heavy atom. The second-order valence-electron chi connectivity index (χ2n) is 4.51. The van der Waals surface area contributed by atoms with Gasteiger partial charge in [-0.05, 0) is 12.5 Å². The van der Waals surface area contributed by atoms with Crippen molar-refractivity contribution < 1.29 is 19.4 Å². The summed E-state index contributed by atoms with van der Waals surface area (Å²) in [7, 11) is 0. The maximum absolute atomic E-state index is 11.9. The van der Waals surface area contributed by atoms with Gasteiger partial charge in [0, 0.05) is 13.1 Å². The van der Waals surface area contributed by atoms with Crippen molar-refractivity contribution in [1.82, 2.24) is 4.90 Å². The third-order valence-electron chi connectivity index (χ3n) is 3.17. The Morgan fingerprint density at radius 2 is 2.11 bits per heavy atom. The summed E-state index contributed by atoms with van der Waals surface area (Å²) in [5.41, 5.74) is 0.965. The third-order valence-corrected chi connectivity index (χ3v) is 3.17. The van der Waals surface area contributed by atoms with Crippen molar-refractivity contribution in [3.8, 4) is 0 Å².